The second-order valence-corrected chi connectivity index (χ2v) is 7.25. The third kappa shape index (κ3) is 6.56. The number of methoxy groups -OCH3 is 1. The molecule has 2 aliphatic rings. The van der Waals surface area contributed by atoms with Crippen LogP contribution in [0, 0.1) is 0 Å². The first-order chi connectivity index (χ1) is 14.2. The Hall–Kier alpha value is -2.40. The van der Waals surface area contributed by atoms with Gasteiger partial charge in [-0.1, -0.05) is 0 Å². The van der Waals surface area contributed by atoms with Crippen molar-refractivity contribution in [2.75, 3.05) is 26.8 Å². The molecule has 2 heterocycles. The Labute approximate surface area is 175 Å². The number of urea groups is 1. The predicted octanol–water partition coefficient (Wildman–Crippen LogP) is 0.348. The first-order valence-corrected chi connectivity index (χ1v) is 9.94. The number of amides is 2. The lowest BCUT2D eigenvalue weighted by Gasteiger charge is -2.45. The van der Waals surface area contributed by atoms with Gasteiger partial charge < -0.3 is 33.9 Å². The monoisotopic (exact) mass is 430 g/mol. The summed E-state index contributed by atoms with van der Waals surface area (Å²) in [6.07, 6.45) is -1.37. The standard InChI is InChI=1S/C19H30N2O9/c1-11(22)27-10-14-16(28-12(2)23)17(29-13(3)24)15(18(26-4)30-14)20-19(25)21-8-6-5-7-9-21/h14-18H,5-10H2,1-4H3,(H,20,25)/t14-,15-,16-,17-,18-/m1/s1. The van der Waals surface area contributed by atoms with Crippen LogP contribution in [0.4, 0.5) is 4.79 Å². The molecular formula is C19H30N2O9. The highest BCUT2D eigenvalue weighted by Crippen LogP contribution is 2.28. The number of esters is 3. The van der Waals surface area contributed by atoms with E-state index in [4.69, 9.17) is 23.7 Å². The Bertz CT molecular complexity index is 635. The number of nitrogens with zero attached hydrogens (tertiary/aromatic N) is 1. The summed E-state index contributed by atoms with van der Waals surface area (Å²) in [5.41, 5.74) is 0. The van der Waals surface area contributed by atoms with Gasteiger partial charge in [0.05, 0.1) is 0 Å². The summed E-state index contributed by atoms with van der Waals surface area (Å²) < 4.78 is 27.0. The fourth-order valence-corrected chi connectivity index (χ4v) is 3.59. The van der Waals surface area contributed by atoms with Crippen LogP contribution < -0.4 is 5.32 Å². The predicted molar refractivity (Wildman–Crippen MR) is 101 cm³/mol. The molecule has 0 spiro atoms. The Balaban J connectivity index is 2.28. The van der Waals surface area contributed by atoms with Gasteiger partial charge in [0.1, 0.15) is 18.8 Å². The molecular weight excluding hydrogens is 400 g/mol. The Morgan fingerprint density at radius 2 is 1.53 bits per heavy atom. The maximum Gasteiger partial charge on any atom is 0.317 e. The van der Waals surface area contributed by atoms with E-state index in [2.05, 4.69) is 5.32 Å². The van der Waals surface area contributed by atoms with Crippen LogP contribution in [0.25, 0.3) is 0 Å². The highest BCUT2D eigenvalue weighted by Gasteiger charge is 2.51. The first kappa shape index (κ1) is 23.9. The van der Waals surface area contributed by atoms with Crippen LogP contribution in [0.15, 0.2) is 0 Å². The minimum atomic E-state index is -1.12. The topological polar surface area (TPSA) is 130 Å². The second-order valence-electron chi connectivity index (χ2n) is 7.25. The van der Waals surface area contributed by atoms with Crippen LogP contribution in [0.2, 0.25) is 0 Å². The van der Waals surface area contributed by atoms with Crippen molar-refractivity contribution in [1.82, 2.24) is 10.2 Å². The quantitative estimate of drug-likeness (QED) is 0.468. The third-order valence-electron chi connectivity index (χ3n) is 4.87. The van der Waals surface area contributed by atoms with Crippen LogP contribution >= 0.6 is 0 Å². The summed E-state index contributed by atoms with van der Waals surface area (Å²) in [6, 6.07) is -1.31. The van der Waals surface area contributed by atoms with Gasteiger partial charge >= 0.3 is 23.9 Å². The molecule has 11 heteroatoms. The van der Waals surface area contributed by atoms with Crippen molar-refractivity contribution in [3.8, 4) is 0 Å². The number of carbonyl (C=O) groups excluding carboxylic acids is 4. The molecule has 5 atom stereocenters. The van der Waals surface area contributed by atoms with Crippen molar-refractivity contribution < 1.29 is 42.9 Å². The van der Waals surface area contributed by atoms with E-state index in [1.165, 1.54) is 27.9 Å². The van der Waals surface area contributed by atoms with E-state index < -0.39 is 48.6 Å². The number of hydrogen-bond acceptors (Lipinski definition) is 9. The van der Waals surface area contributed by atoms with Crippen molar-refractivity contribution in [1.29, 1.82) is 0 Å². The number of rotatable bonds is 6. The fraction of sp³-hybridized carbons (Fsp3) is 0.789. The molecule has 2 aliphatic heterocycles. The van der Waals surface area contributed by atoms with Crippen molar-refractivity contribution in [3.63, 3.8) is 0 Å². The minimum Gasteiger partial charge on any atom is -0.463 e. The summed E-state index contributed by atoms with van der Waals surface area (Å²) in [4.78, 5) is 49.2. The molecule has 1 N–H and O–H groups in total. The van der Waals surface area contributed by atoms with Gasteiger partial charge in [-0.05, 0) is 19.3 Å². The Morgan fingerprint density at radius 1 is 0.933 bits per heavy atom. The molecule has 0 bridgehead atoms. The molecule has 0 radical (unpaired) electrons. The fourth-order valence-electron chi connectivity index (χ4n) is 3.59. The van der Waals surface area contributed by atoms with Crippen LogP contribution in [0.5, 0.6) is 0 Å². The van der Waals surface area contributed by atoms with Gasteiger partial charge in [-0.2, -0.15) is 0 Å². The largest absolute Gasteiger partial charge is 0.463 e. The average Bonchev–Trinajstić information content (AvgIpc) is 2.69. The molecule has 0 aromatic rings. The summed E-state index contributed by atoms with van der Waals surface area (Å²) in [5, 5.41) is 2.79. The smallest absolute Gasteiger partial charge is 0.317 e. The zero-order chi connectivity index (χ0) is 22.3. The number of piperidine rings is 1. The number of ether oxygens (including phenoxy) is 5. The molecule has 0 aromatic carbocycles. The van der Waals surface area contributed by atoms with E-state index in [1.807, 2.05) is 0 Å². The summed E-state index contributed by atoms with van der Waals surface area (Å²) in [6.45, 7) is 4.58. The normalized spacial score (nSPS) is 28.9. The van der Waals surface area contributed by atoms with E-state index >= 15 is 0 Å². The molecule has 2 fully saturated rings. The molecule has 2 saturated heterocycles. The second kappa shape index (κ2) is 11.1. The van der Waals surface area contributed by atoms with Crippen molar-refractivity contribution in [2.24, 2.45) is 0 Å². The number of nitrogens with one attached hydrogen (secondary N) is 1. The lowest BCUT2D eigenvalue weighted by atomic mass is 9.96. The molecule has 0 unspecified atom stereocenters. The van der Waals surface area contributed by atoms with E-state index in [1.54, 1.807) is 4.90 Å². The van der Waals surface area contributed by atoms with Gasteiger partial charge in [-0.25, -0.2) is 4.79 Å². The van der Waals surface area contributed by atoms with Gasteiger partial charge in [0.25, 0.3) is 0 Å². The van der Waals surface area contributed by atoms with E-state index in [0.717, 1.165) is 19.3 Å². The zero-order valence-electron chi connectivity index (χ0n) is 17.8. The van der Waals surface area contributed by atoms with Crippen LogP contribution in [-0.2, 0) is 38.1 Å². The number of carbonyl (C=O) groups is 4. The summed E-state index contributed by atoms with van der Waals surface area (Å²) >= 11 is 0. The maximum atomic E-state index is 12.8. The highest BCUT2D eigenvalue weighted by molar-refractivity contribution is 5.75. The molecule has 170 valence electrons. The molecule has 11 nitrogen and oxygen atoms in total. The Morgan fingerprint density at radius 3 is 2.07 bits per heavy atom. The summed E-state index contributed by atoms with van der Waals surface area (Å²) in [5.74, 6) is -1.85. The lowest BCUT2D eigenvalue weighted by molar-refractivity contribution is -0.270. The molecule has 0 saturated carbocycles. The third-order valence-corrected chi connectivity index (χ3v) is 4.87. The molecule has 0 aliphatic carbocycles. The maximum absolute atomic E-state index is 12.8. The van der Waals surface area contributed by atoms with Gasteiger partial charge in [-0.3, -0.25) is 14.4 Å². The average molecular weight is 430 g/mol. The van der Waals surface area contributed by atoms with Gasteiger partial charge in [0.2, 0.25) is 0 Å². The van der Waals surface area contributed by atoms with Gasteiger partial charge in [0.15, 0.2) is 18.5 Å². The Kier molecular flexibility index (Phi) is 8.85. The molecule has 2 amide bonds. The van der Waals surface area contributed by atoms with Crippen molar-refractivity contribution in [3.05, 3.63) is 0 Å². The molecule has 30 heavy (non-hydrogen) atoms. The van der Waals surface area contributed by atoms with Crippen LogP contribution in [-0.4, -0.2) is 86.3 Å². The lowest BCUT2D eigenvalue weighted by Crippen LogP contribution is -2.67. The van der Waals surface area contributed by atoms with E-state index in [-0.39, 0.29) is 12.6 Å². The van der Waals surface area contributed by atoms with Crippen LogP contribution in [0.1, 0.15) is 40.0 Å². The minimum absolute atomic E-state index is 0.252. The number of hydrogen-bond donors (Lipinski definition) is 1. The van der Waals surface area contributed by atoms with Gasteiger partial charge in [0, 0.05) is 41.0 Å². The van der Waals surface area contributed by atoms with E-state index in [9.17, 15) is 19.2 Å². The molecule has 2 rings (SSSR count). The highest BCUT2D eigenvalue weighted by atomic mass is 16.7. The van der Waals surface area contributed by atoms with E-state index in [0.29, 0.717) is 13.1 Å². The van der Waals surface area contributed by atoms with Crippen molar-refractivity contribution in [2.45, 2.75) is 70.7 Å². The molecule has 0 aromatic heterocycles. The number of likely N-dealkylation sites (tertiary alicyclic amines) is 1. The SMILES string of the molecule is CO[C@@H]1O[C@H](COC(C)=O)[C@@H](OC(C)=O)[C@H](OC(C)=O)[C@H]1NC(=O)N1CCCCC1. The summed E-state index contributed by atoms with van der Waals surface area (Å²) in [7, 11) is 1.37. The van der Waals surface area contributed by atoms with Crippen LogP contribution in [0.3, 0.4) is 0 Å². The van der Waals surface area contributed by atoms with Gasteiger partial charge in [-0.15, -0.1) is 0 Å². The zero-order valence-corrected chi connectivity index (χ0v) is 17.8. The van der Waals surface area contributed by atoms with Crippen molar-refractivity contribution >= 4 is 23.9 Å². The first-order valence-electron chi connectivity index (χ1n) is 9.94.